The van der Waals surface area contributed by atoms with Crippen molar-refractivity contribution >= 4 is 15.9 Å². The number of quaternary nitrogens is 1. The van der Waals surface area contributed by atoms with Crippen molar-refractivity contribution in [3.05, 3.63) is 0 Å². The number of halogens is 1. The molecular weight excluding hydrogens is 202 g/mol. The summed E-state index contributed by atoms with van der Waals surface area (Å²) < 4.78 is 1.43. The third-order valence-corrected chi connectivity index (χ3v) is 3.95. The molecule has 3 rings (SSSR count). The normalized spacial score (nSPS) is 42.8. The van der Waals surface area contributed by atoms with Crippen LogP contribution in [-0.2, 0) is 0 Å². The van der Waals surface area contributed by atoms with Crippen molar-refractivity contribution in [2.75, 3.05) is 31.5 Å². The maximum atomic E-state index is 3.56. The van der Waals surface area contributed by atoms with Crippen molar-refractivity contribution in [1.82, 2.24) is 0 Å². The maximum absolute atomic E-state index is 3.56. The zero-order chi connectivity index (χ0) is 7.73. The molecule has 0 radical (unpaired) electrons. The van der Waals surface area contributed by atoms with Gasteiger partial charge < -0.3 is 4.48 Å². The summed E-state index contributed by atoms with van der Waals surface area (Å²) >= 11 is 3.56. The third-order valence-electron chi connectivity index (χ3n) is 3.59. The average molecular weight is 219 g/mol. The van der Waals surface area contributed by atoms with Crippen LogP contribution < -0.4 is 0 Å². The summed E-state index contributed by atoms with van der Waals surface area (Å²) in [5, 5.41) is 1.19. The first-order valence-electron chi connectivity index (χ1n) is 4.76. The average Bonchev–Trinajstić information content (AvgIpc) is 2.07. The molecule has 3 fully saturated rings. The van der Waals surface area contributed by atoms with Crippen molar-refractivity contribution in [3.8, 4) is 0 Å². The minimum Gasteiger partial charge on any atom is -0.323 e. The fraction of sp³-hybridized carbons (Fsp3) is 1.00. The van der Waals surface area contributed by atoms with Gasteiger partial charge in [-0.25, -0.2) is 0 Å². The van der Waals surface area contributed by atoms with E-state index in [9.17, 15) is 0 Å². The van der Waals surface area contributed by atoms with Gasteiger partial charge in [0.05, 0.1) is 31.5 Å². The van der Waals surface area contributed by atoms with Crippen LogP contribution in [0, 0.1) is 5.92 Å². The number of hydrogen-bond acceptors (Lipinski definition) is 0. The Morgan fingerprint density at radius 2 is 1.64 bits per heavy atom. The van der Waals surface area contributed by atoms with Gasteiger partial charge in [-0.1, -0.05) is 15.9 Å². The lowest BCUT2D eigenvalue weighted by molar-refractivity contribution is -0.940. The van der Waals surface area contributed by atoms with Gasteiger partial charge in [-0.15, -0.1) is 0 Å². The molecule has 0 spiro atoms. The Kier molecular flexibility index (Phi) is 2.24. The molecule has 0 atom stereocenters. The van der Waals surface area contributed by atoms with Gasteiger partial charge in [-0.05, 0) is 25.2 Å². The van der Waals surface area contributed by atoms with E-state index in [1.165, 1.54) is 55.3 Å². The van der Waals surface area contributed by atoms with E-state index < -0.39 is 0 Å². The third kappa shape index (κ3) is 1.48. The van der Waals surface area contributed by atoms with Crippen LogP contribution in [0.4, 0.5) is 0 Å². The summed E-state index contributed by atoms with van der Waals surface area (Å²) in [6.45, 7) is 5.77. The van der Waals surface area contributed by atoms with E-state index in [2.05, 4.69) is 15.9 Å². The van der Waals surface area contributed by atoms with E-state index in [0.717, 1.165) is 5.92 Å². The summed E-state index contributed by atoms with van der Waals surface area (Å²) in [6.07, 6.45) is 4.52. The Hall–Kier alpha value is 0.440. The molecule has 0 unspecified atom stereocenters. The first kappa shape index (κ1) is 8.06. The zero-order valence-corrected chi connectivity index (χ0v) is 8.65. The van der Waals surface area contributed by atoms with Crippen LogP contribution in [-0.4, -0.2) is 36.0 Å². The topological polar surface area (TPSA) is 0 Å². The van der Waals surface area contributed by atoms with Gasteiger partial charge >= 0.3 is 0 Å². The first-order valence-corrected chi connectivity index (χ1v) is 5.88. The van der Waals surface area contributed by atoms with E-state index in [0.29, 0.717) is 0 Å². The number of nitrogens with zero attached hydrogens (tertiary/aromatic N) is 1. The van der Waals surface area contributed by atoms with Crippen LogP contribution in [0.25, 0.3) is 0 Å². The van der Waals surface area contributed by atoms with Crippen LogP contribution in [0.3, 0.4) is 0 Å². The van der Waals surface area contributed by atoms with E-state index >= 15 is 0 Å². The first-order chi connectivity index (χ1) is 5.35. The minimum atomic E-state index is 1.10. The second-order valence-electron chi connectivity index (χ2n) is 4.16. The highest BCUT2D eigenvalue weighted by Crippen LogP contribution is 2.33. The van der Waals surface area contributed by atoms with Gasteiger partial charge in [0, 0.05) is 0 Å². The van der Waals surface area contributed by atoms with E-state index in [4.69, 9.17) is 0 Å². The molecule has 0 amide bonds. The predicted molar refractivity (Wildman–Crippen MR) is 50.9 cm³/mol. The Bertz CT molecular complexity index is 119. The summed E-state index contributed by atoms with van der Waals surface area (Å²) in [5.74, 6) is 1.10. The van der Waals surface area contributed by atoms with Gasteiger partial charge in [0.15, 0.2) is 0 Å². The van der Waals surface area contributed by atoms with Crippen molar-refractivity contribution < 1.29 is 4.48 Å². The molecule has 1 nitrogen and oxygen atoms in total. The Balaban J connectivity index is 2.00. The number of hydrogen-bond donors (Lipinski definition) is 0. The van der Waals surface area contributed by atoms with Gasteiger partial charge in [0.1, 0.15) is 0 Å². The molecule has 0 saturated carbocycles. The number of rotatable bonds is 2. The largest absolute Gasteiger partial charge is 0.323 e. The molecule has 0 aliphatic carbocycles. The second-order valence-corrected chi connectivity index (χ2v) is 4.95. The highest BCUT2D eigenvalue weighted by Gasteiger charge is 2.38. The van der Waals surface area contributed by atoms with Crippen molar-refractivity contribution in [2.45, 2.75) is 19.3 Å². The molecule has 3 heterocycles. The van der Waals surface area contributed by atoms with Gasteiger partial charge in [0.25, 0.3) is 0 Å². The number of piperidine rings is 3. The molecule has 0 N–H and O–H groups in total. The predicted octanol–water partition coefficient (Wildman–Crippen LogP) is 2.01. The second kappa shape index (κ2) is 3.06. The summed E-state index contributed by atoms with van der Waals surface area (Å²) in [6, 6.07) is 0. The Labute approximate surface area is 77.5 Å². The Morgan fingerprint density at radius 1 is 1.09 bits per heavy atom. The lowest BCUT2D eigenvalue weighted by atomic mass is 9.86. The molecule has 3 aliphatic heterocycles. The van der Waals surface area contributed by atoms with Crippen LogP contribution in [0.2, 0.25) is 0 Å². The van der Waals surface area contributed by atoms with Crippen LogP contribution in [0.1, 0.15) is 19.3 Å². The van der Waals surface area contributed by atoms with E-state index in [1.807, 2.05) is 0 Å². The standard InChI is InChI=1S/C9H17BrN/c10-4-8-11-5-1-9(2-6-11)3-7-11/h9H,1-8H2/q+1. The quantitative estimate of drug-likeness (QED) is 0.492. The van der Waals surface area contributed by atoms with E-state index in [1.54, 1.807) is 0 Å². The molecule has 3 aliphatic rings. The number of fused-ring (bicyclic) bond motifs is 3. The molecule has 3 saturated heterocycles. The smallest absolute Gasteiger partial charge is 0.0885 e. The lowest BCUT2D eigenvalue weighted by Gasteiger charge is -2.49. The summed E-state index contributed by atoms with van der Waals surface area (Å²) in [7, 11) is 0. The van der Waals surface area contributed by atoms with E-state index in [-0.39, 0.29) is 0 Å². The molecule has 2 bridgehead atoms. The van der Waals surface area contributed by atoms with Gasteiger partial charge in [0.2, 0.25) is 0 Å². The molecule has 11 heavy (non-hydrogen) atoms. The summed E-state index contributed by atoms with van der Waals surface area (Å²) in [4.78, 5) is 0. The van der Waals surface area contributed by atoms with Crippen molar-refractivity contribution in [1.29, 1.82) is 0 Å². The molecule has 0 aromatic carbocycles. The highest BCUT2D eigenvalue weighted by molar-refractivity contribution is 9.09. The Morgan fingerprint density at radius 3 is 2.09 bits per heavy atom. The lowest BCUT2D eigenvalue weighted by Crippen LogP contribution is -2.58. The molecule has 64 valence electrons. The van der Waals surface area contributed by atoms with Crippen LogP contribution in [0.15, 0.2) is 0 Å². The number of alkyl halides is 1. The van der Waals surface area contributed by atoms with Crippen LogP contribution in [0.5, 0.6) is 0 Å². The van der Waals surface area contributed by atoms with Crippen molar-refractivity contribution in [3.63, 3.8) is 0 Å². The molecular formula is C9H17BrN+. The monoisotopic (exact) mass is 218 g/mol. The fourth-order valence-electron chi connectivity index (χ4n) is 2.65. The SMILES string of the molecule is BrCC[N+]12CCC(CC1)CC2. The molecule has 2 heteroatoms. The van der Waals surface area contributed by atoms with Gasteiger partial charge in [-0.3, -0.25) is 0 Å². The highest BCUT2D eigenvalue weighted by atomic mass is 79.9. The zero-order valence-electron chi connectivity index (χ0n) is 7.06. The molecule has 0 aromatic rings. The van der Waals surface area contributed by atoms with Gasteiger partial charge in [-0.2, -0.15) is 0 Å². The summed E-state index contributed by atoms with van der Waals surface area (Å²) in [5.41, 5.74) is 0. The molecule has 0 aromatic heterocycles. The van der Waals surface area contributed by atoms with Crippen molar-refractivity contribution in [2.24, 2.45) is 5.92 Å². The maximum Gasteiger partial charge on any atom is 0.0885 e. The van der Waals surface area contributed by atoms with Crippen LogP contribution >= 0.6 is 15.9 Å². The fourth-order valence-corrected chi connectivity index (χ4v) is 3.40. The minimum absolute atomic E-state index is 1.10.